The Bertz CT molecular complexity index is 617. The first kappa shape index (κ1) is 15.0. The minimum Gasteiger partial charge on any atom is -0.484 e. The summed E-state index contributed by atoms with van der Waals surface area (Å²) in [5, 5.41) is 0. The number of ether oxygens (including phenoxy) is 1. The van der Waals surface area contributed by atoms with E-state index >= 15 is 0 Å². The molecule has 0 fully saturated rings. The van der Waals surface area contributed by atoms with Crippen LogP contribution in [-0.4, -0.2) is 23.4 Å². The smallest absolute Gasteiger partial charge is 0.276 e. The van der Waals surface area contributed by atoms with Crippen LogP contribution >= 0.6 is 15.9 Å². The van der Waals surface area contributed by atoms with E-state index in [9.17, 15) is 9.59 Å². The molecule has 2 aromatic rings. The number of halogens is 1. The number of aromatic nitrogens is 1. The van der Waals surface area contributed by atoms with E-state index in [-0.39, 0.29) is 6.61 Å². The van der Waals surface area contributed by atoms with Crippen LogP contribution in [0.3, 0.4) is 0 Å². The van der Waals surface area contributed by atoms with Gasteiger partial charge in [-0.05, 0) is 36.4 Å². The van der Waals surface area contributed by atoms with Gasteiger partial charge in [-0.15, -0.1) is 0 Å². The first-order valence-corrected chi connectivity index (χ1v) is 6.82. The van der Waals surface area contributed by atoms with Crippen molar-refractivity contribution in [1.29, 1.82) is 0 Å². The van der Waals surface area contributed by atoms with E-state index in [1.54, 1.807) is 36.4 Å². The number of pyridine rings is 1. The van der Waals surface area contributed by atoms with E-state index in [2.05, 4.69) is 31.8 Å². The molecule has 0 aliphatic rings. The maximum atomic E-state index is 11.7. The highest BCUT2D eigenvalue weighted by Gasteiger charge is 2.07. The van der Waals surface area contributed by atoms with Crippen LogP contribution < -0.4 is 15.6 Å². The molecule has 2 amide bonds. The SMILES string of the molecule is O=C(COc1ccc(Br)cc1)NNC(=O)c1ccncc1. The van der Waals surface area contributed by atoms with Crippen molar-refractivity contribution in [3.05, 3.63) is 58.8 Å². The molecule has 0 spiro atoms. The fraction of sp³-hybridized carbons (Fsp3) is 0.0714. The average molecular weight is 350 g/mol. The zero-order chi connectivity index (χ0) is 15.1. The van der Waals surface area contributed by atoms with Gasteiger partial charge in [0.25, 0.3) is 11.8 Å². The quantitative estimate of drug-likeness (QED) is 0.823. The molecule has 0 saturated carbocycles. The van der Waals surface area contributed by atoms with Crippen LogP contribution in [0.15, 0.2) is 53.3 Å². The van der Waals surface area contributed by atoms with Crippen LogP contribution in [0.1, 0.15) is 10.4 Å². The van der Waals surface area contributed by atoms with Crippen LogP contribution in [0.2, 0.25) is 0 Å². The molecular weight excluding hydrogens is 338 g/mol. The van der Waals surface area contributed by atoms with Crippen molar-refractivity contribution in [2.75, 3.05) is 6.61 Å². The molecule has 0 aliphatic carbocycles. The van der Waals surface area contributed by atoms with Gasteiger partial charge in [0.1, 0.15) is 5.75 Å². The molecule has 0 unspecified atom stereocenters. The number of carbonyl (C=O) groups is 2. The Morgan fingerprint density at radius 2 is 1.71 bits per heavy atom. The molecule has 108 valence electrons. The molecule has 1 heterocycles. The van der Waals surface area contributed by atoms with Crippen molar-refractivity contribution in [2.45, 2.75) is 0 Å². The molecule has 0 radical (unpaired) electrons. The number of amides is 2. The third kappa shape index (κ3) is 4.88. The maximum Gasteiger partial charge on any atom is 0.276 e. The molecule has 2 rings (SSSR count). The summed E-state index contributed by atoms with van der Waals surface area (Å²) >= 11 is 3.30. The predicted octanol–water partition coefficient (Wildman–Crippen LogP) is 1.68. The molecule has 0 atom stereocenters. The van der Waals surface area contributed by atoms with Crippen molar-refractivity contribution >= 4 is 27.7 Å². The Morgan fingerprint density at radius 3 is 2.38 bits per heavy atom. The highest BCUT2D eigenvalue weighted by molar-refractivity contribution is 9.10. The van der Waals surface area contributed by atoms with E-state index in [4.69, 9.17) is 4.74 Å². The first-order valence-electron chi connectivity index (χ1n) is 6.03. The zero-order valence-corrected chi connectivity index (χ0v) is 12.5. The summed E-state index contributed by atoms with van der Waals surface area (Å²) in [4.78, 5) is 27.0. The molecule has 2 N–H and O–H groups in total. The number of nitrogens with zero attached hydrogens (tertiary/aromatic N) is 1. The highest BCUT2D eigenvalue weighted by atomic mass is 79.9. The maximum absolute atomic E-state index is 11.7. The van der Waals surface area contributed by atoms with Gasteiger partial charge in [-0.25, -0.2) is 0 Å². The minimum absolute atomic E-state index is 0.196. The van der Waals surface area contributed by atoms with Gasteiger partial charge in [-0.2, -0.15) is 0 Å². The molecular formula is C14H12BrN3O3. The zero-order valence-electron chi connectivity index (χ0n) is 10.9. The molecule has 7 heteroatoms. The van der Waals surface area contributed by atoms with Crippen molar-refractivity contribution in [3.8, 4) is 5.75 Å². The molecule has 0 bridgehead atoms. The monoisotopic (exact) mass is 349 g/mol. The molecule has 0 aliphatic heterocycles. The van der Waals surface area contributed by atoms with Crippen LogP contribution in [0, 0.1) is 0 Å². The number of benzene rings is 1. The lowest BCUT2D eigenvalue weighted by Gasteiger charge is -2.08. The summed E-state index contributed by atoms with van der Waals surface area (Å²) in [6.07, 6.45) is 2.99. The Labute approximate surface area is 129 Å². The Balaban J connectivity index is 1.75. The van der Waals surface area contributed by atoms with E-state index in [1.165, 1.54) is 12.4 Å². The topological polar surface area (TPSA) is 80.3 Å². The van der Waals surface area contributed by atoms with E-state index < -0.39 is 11.8 Å². The molecule has 0 saturated heterocycles. The third-order valence-corrected chi connectivity index (χ3v) is 2.97. The summed E-state index contributed by atoms with van der Waals surface area (Å²) < 4.78 is 6.19. The third-order valence-electron chi connectivity index (χ3n) is 2.44. The summed E-state index contributed by atoms with van der Waals surface area (Å²) in [6.45, 7) is -0.196. The van der Waals surface area contributed by atoms with Gasteiger partial charge in [0, 0.05) is 22.4 Å². The summed E-state index contributed by atoms with van der Waals surface area (Å²) in [5.74, 6) is -0.316. The van der Waals surface area contributed by atoms with Crippen LogP contribution in [0.4, 0.5) is 0 Å². The van der Waals surface area contributed by atoms with Crippen molar-refractivity contribution < 1.29 is 14.3 Å². The molecule has 21 heavy (non-hydrogen) atoms. The fourth-order valence-corrected chi connectivity index (χ4v) is 1.68. The Hall–Kier alpha value is -2.41. The number of hydrazine groups is 1. The molecule has 1 aromatic heterocycles. The normalized spacial score (nSPS) is 9.76. The van der Waals surface area contributed by atoms with Crippen molar-refractivity contribution in [1.82, 2.24) is 15.8 Å². The standard InChI is InChI=1S/C14H12BrN3O3/c15-11-1-3-12(4-2-11)21-9-13(19)17-18-14(20)10-5-7-16-8-6-10/h1-8H,9H2,(H,17,19)(H,18,20). The number of hydrogen-bond donors (Lipinski definition) is 2. The van der Waals surface area contributed by atoms with Crippen molar-refractivity contribution in [3.63, 3.8) is 0 Å². The fourth-order valence-electron chi connectivity index (χ4n) is 1.42. The second-order valence-corrected chi connectivity index (χ2v) is 4.90. The van der Waals surface area contributed by atoms with Gasteiger partial charge in [-0.1, -0.05) is 15.9 Å². The number of rotatable bonds is 4. The largest absolute Gasteiger partial charge is 0.484 e. The van der Waals surface area contributed by atoms with Gasteiger partial charge >= 0.3 is 0 Å². The number of carbonyl (C=O) groups excluding carboxylic acids is 2. The number of hydrogen-bond acceptors (Lipinski definition) is 4. The predicted molar refractivity (Wildman–Crippen MR) is 79.5 cm³/mol. The Kier molecular flexibility index (Phi) is 5.28. The second kappa shape index (κ2) is 7.39. The second-order valence-electron chi connectivity index (χ2n) is 3.98. The lowest BCUT2D eigenvalue weighted by Crippen LogP contribution is -2.43. The van der Waals surface area contributed by atoms with Crippen LogP contribution in [-0.2, 0) is 4.79 Å². The highest BCUT2D eigenvalue weighted by Crippen LogP contribution is 2.15. The van der Waals surface area contributed by atoms with Gasteiger partial charge in [0.2, 0.25) is 0 Å². The Morgan fingerprint density at radius 1 is 1.05 bits per heavy atom. The molecule has 6 nitrogen and oxygen atoms in total. The van der Waals surface area contributed by atoms with Gasteiger partial charge in [0.05, 0.1) is 0 Å². The van der Waals surface area contributed by atoms with E-state index in [1.807, 2.05) is 0 Å². The lowest BCUT2D eigenvalue weighted by atomic mass is 10.3. The molecule has 1 aromatic carbocycles. The van der Waals surface area contributed by atoms with Gasteiger partial charge < -0.3 is 4.74 Å². The van der Waals surface area contributed by atoms with Crippen molar-refractivity contribution in [2.24, 2.45) is 0 Å². The van der Waals surface area contributed by atoms with Gasteiger partial charge in [0.15, 0.2) is 6.61 Å². The summed E-state index contributed by atoms with van der Waals surface area (Å²) in [6, 6.07) is 10.1. The summed E-state index contributed by atoms with van der Waals surface area (Å²) in [5.41, 5.74) is 4.96. The lowest BCUT2D eigenvalue weighted by molar-refractivity contribution is -0.123. The summed E-state index contributed by atoms with van der Waals surface area (Å²) in [7, 11) is 0. The van der Waals surface area contributed by atoms with Gasteiger partial charge in [-0.3, -0.25) is 25.4 Å². The van der Waals surface area contributed by atoms with Crippen LogP contribution in [0.5, 0.6) is 5.75 Å². The van der Waals surface area contributed by atoms with E-state index in [0.717, 1.165) is 4.47 Å². The number of nitrogens with one attached hydrogen (secondary N) is 2. The van der Waals surface area contributed by atoms with Crippen LogP contribution in [0.25, 0.3) is 0 Å². The first-order chi connectivity index (χ1) is 10.1. The minimum atomic E-state index is -0.458. The average Bonchev–Trinajstić information content (AvgIpc) is 2.53. The van der Waals surface area contributed by atoms with E-state index in [0.29, 0.717) is 11.3 Å².